The average Bonchev–Trinajstić information content (AvgIpc) is 2.82. The molecular weight excluding hydrogens is 459 g/mol. The second-order valence-electron chi connectivity index (χ2n) is 7.73. The first-order valence-corrected chi connectivity index (χ1v) is 10.4. The Morgan fingerprint density at radius 3 is 2.35 bits per heavy atom. The van der Waals surface area contributed by atoms with Gasteiger partial charge in [-0.1, -0.05) is 0 Å². The molecule has 3 rings (SSSR count). The number of halogens is 3. The summed E-state index contributed by atoms with van der Waals surface area (Å²) in [5.74, 6) is 0.0125. The second kappa shape index (κ2) is 10.7. The SMILES string of the molecule is COC(=O)c1ccc(OC[C@@H](O)CN2CCN(c3ccc(C(F)(F)F)cc3[N+](=O)[O-])CC2)cc1. The van der Waals surface area contributed by atoms with E-state index in [9.17, 15) is 33.2 Å². The quantitative estimate of drug-likeness (QED) is 0.347. The van der Waals surface area contributed by atoms with E-state index in [4.69, 9.17) is 4.74 Å². The third-order valence-corrected chi connectivity index (χ3v) is 5.40. The van der Waals surface area contributed by atoms with Crippen molar-refractivity contribution in [3.8, 4) is 5.75 Å². The summed E-state index contributed by atoms with van der Waals surface area (Å²) < 4.78 is 48.9. The molecule has 1 heterocycles. The highest BCUT2D eigenvalue weighted by molar-refractivity contribution is 5.89. The van der Waals surface area contributed by atoms with Crippen LogP contribution in [0.4, 0.5) is 24.5 Å². The van der Waals surface area contributed by atoms with Gasteiger partial charge in [-0.05, 0) is 36.4 Å². The molecule has 1 N–H and O–H groups in total. The Labute approximate surface area is 193 Å². The van der Waals surface area contributed by atoms with Gasteiger partial charge < -0.3 is 19.5 Å². The summed E-state index contributed by atoms with van der Waals surface area (Å²) in [5.41, 5.74) is -1.14. The number of carbonyl (C=O) groups excluding carboxylic acids is 1. The fraction of sp³-hybridized carbons (Fsp3) is 0.409. The zero-order valence-corrected chi connectivity index (χ0v) is 18.3. The smallest absolute Gasteiger partial charge is 0.416 e. The van der Waals surface area contributed by atoms with Crippen LogP contribution in [0.2, 0.25) is 0 Å². The van der Waals surface area contributed by atoms with Crippen molar-refractivity contribution in [3.05, 3.63) is 63.7 Å². The molecule has 2 aromatic carbocycles. The van der Waals surface area contributed by atoms with Gasteiger partial charge in [0.25, 0.3) is 5.69 Å². The van der Waals surface area contributed by atoms with E-state index in [0.717, 1.165) is 12.1 Å². The number of anilines is 1. The first-order valence-electron chi connectivity index (χ1n) is 10.4. The number of nitro benzene ring substituents is 1. The Hall–Kier alpha value is -3.38. The van der Waals surface area contributed by atoms with Gasteiger partial charge in [-0.15, -0.1) is 0 Å². The van der Waals surface area contributed by atoms with Crippen LogP contribution in [0.1, 0.15) is 15.9 Å². The van der Waals surface area contributed by atoms with Crippen LogP contribution in [0, 0.1) is 10.1 Å². The molecule has 9 nitrogen and oxygen atoms in total. The van der Waals surface area contributed by atoms with E-state index in [1.165, 1.54) is 7.11 Å². The number of hydrogen-bond donors (Lipinski definition) is 1. The van der Waals surface area contributed by atoms with E-state index in [2.05, 4.69) is 4.74 Å². The maximum Gasteiger partial charge on any atom is 0.416 e. The van der Waals surface area contributed by atoms with E-state index >= 15 is 0 Å². The van der Waals surface area contributed by atoms with Gasteiger partial charge in [0.05, 0.1) is 23.2 Å². The summed E-state index contributed by atoms with van der Waals surface area (Å²) in [5, 5.41) is 21.6. The van der Waals surface area contributed by atoms with E-state index < -0.39 is 34.4 Å². The molecular formula is C22H24F3N3O6. The lowest BCUT2D eigenvalue weighted by Crippen LogP contribution is -2.49. The molecule has 1 fully saturated rings. The number of rotatable bonds is 8. The predicted octanol–water partition coefficient (Wildman–Crippen LogP) is 2.96. The summed E-state index contributed by atoms with van der Waals surface area (Å²) in [7, 11) is 1.29. The summed E-state index contributed by atoms with van der Waals surface area (Å²) in [6.07, 6.45) is -5.48. The van der Waals surface area contributed by atoms with Gasteiger partial charge in [0.15, 0.2) is 0 Å². The Kier molecular flexibility index (Phi) is 7.94. The molecule has 2 aromatic rings. The van der Waals surface area contributed by atoms with Crippen molar-refractivity contribution in [2.75, 3.05) is 51.3 Å². The molecule has 0 radical (unpaired) electrons. The average molecular weight is 483 g/mol. The Morgan fingerprint density at radius 1 is 1.15 bits per heavy atom. The fourth-order valence-corrected chi connectivity index (χ4v) is 3.63. The van der Waals surface area contributed by atoms with Crippen LogP contribution in [-0.2, 0) is 10.9 Å². The minimum absolute atomic E-state index is 0.0160. The van der Waals surface area contributed by atoms with Gasteiger partial charge >= 0.3 is 12.1 Å². The number of β-amino-alcohol motifs (C(OH)–C–C–N with tert-alkyl or cyclic N) is 1. The summed E-state index contributed by atoms with van der Waals surface area (Å²) >= 11 is 0. The van der Waals surface area contributed by atoms with Crippen LogP contribution in [0.3, 0.4) is 0 Å². The van der Waals surface area contributed by atoms with Crippen molar-refractivity contribution >= 4 is 17.3 Å². The minimum atomic E-state index is -4.66. The lowest BCUT2D eigenvalue weighted by Gasteiger charge is -2.36. The molecule has 0 bridgehead atoms. The van der Waals surface area contributed by atoms with Crippen LogP contribution < -0.4 is 9.64 Å². The summed E-state index contributed by atoms with van der Waals surface area (Å²) in [4.78, 5) is 25.6. The van der Waals surface area contributed by atoms with E-state index in [-0.39, 0.29) is 12.3 Å². The topological polar surface area (TPSA) is 105 Å². The molecule has 184 valence electrons. The zero-order chi connectivity index (χ0) is 24.9. The lowest BCUT2D eigenvalue weighted by molar-refractivity contribution is -0.384. The third-order valence-electron chi connectivity index (χ3n) is 5.40. The first kappa shape index (κ1) is 25.2. The van der Waals surface area contributed by atoms with Crippen molar-refractivity contribution in [1.82, 2.24) is 4.90 Å². The number of benzene rings is 2. The number of ether oxygens (including phenoxy) is 2. The normalized spacial score (nSPS) is 15.6. The highest BCUT2D eigenvalue weighted by atomic mass is 19.4. The van der Waals surface area contributed by atoms with Crippen molar-refractivity contribution in [1.29, 1.82) is 0 Å². The van der Waals surface area contributed by atoms with Gasteiger partial charge in [0, 0.05) is 38.8 Å². The van der Waals surface area contributed by atoms with Crippen LogP contribution in [0.5, 0.6) is 5.75 Å². The molecule has 1 aliphatic heterocycles. The highest BCUT2D eigenvalue weighted by Crippen LogP contribution is 2.36. The number of aliphatic hydroxyl groups excluding tert-OH is 1. The number of carbonyl (C=O) groups is 1. The largest absolute Gasteiger partial charge is 0.491 e. The molecule has 34 heavy (non-hydrogen) atoms. The molecule has 1 aliphatic rings. The number of hydrogen-bond acceptors (Lipinski definition) is 8. The van der Waals surface area contributed by atoms with Crippen LogP contribution >= 0.6 is 0 Å². The number of nitro groups is 1. The van der Waals surface area contributed by atoms with E-state index in [0.29, 0.717) is 50.1 Å². The monoisotopic (exact) mass is 483 g/mol. The van der Waals surface area contributed by atoms with Crippen molar-refractivity contribution in [2.45, 2.75) is 12.3 Å². The minimum Gasteiger partial charge on any atom is -0.491 e. The maximum absolute atomic E-state index is 12.9. The Balaban J connectivity index is 1.51. The van der Waals surface area contributed by atoms with Gasteiger partial charge in [0.1, 0.15) is 24.1 Å². The number of aliphatic hydroxyl groups is 1. The Morgan fingerprint density at radius 2 is 1.79 bits per heavy atom. The number of nitrogens with zero attached hydrogens (tertiary/aromatic N) is 3. The molecule has 0 amide bonds. The summed E-state index contributed by atoms with van der Waals surface area (Å²) in [6.45, 7) is 1.95. The third kappa shape index (κ3) is 6.35. The van der Waals surface area contributed by atoms with Gasteiger partial charge in [-0.25, -0.2) is 4.79 Å². The molecule has 12 heteroatoms. The van der Waals surface area contributed by atoms with Crippen LogP contribution in [-0.4, -0.2) is 73.4 Å². The molecule has 1 atom stereocenters. The van der Waals surface area contributed by atoms with Gasteiger partial charge in [-0.3, -0.25) is 15.0 Å². The van der Waals surface area contributed by atoms with Crippen molar-refractivity contribution in [2.24, 2.45) is 0 Å². The van der Waals surface area contributed by atoms with Crippen LogP contribution in [0.15, 0.2) is 42.5 Å². The molecule has 1 saturated heterocycles. The Bertz CT molecular complexity index is 1010. The highest BCUT2D eigenvalue weighted by Gasteiger charge is 2.34. The van der Waals surface area contributed by atoms with Crippen molar-refractivity contribution < 1.29 is 37.5 Å². The van der Waals surface area contributed by atoms with E-state index in [1.54, 1.807) is 29.2 Å². The maximum atomic E-state index is 12.9. The second-order valence-corrected chi connectivity index (χ2v) is 7.73. The molecule has 0 saturated carbocycles. The van der Waals surface area contributed by atoms with Gasteiger partial charge in [0.2, 0.25) is 0 Å². The van der Waals surface area contributed by atoms with E-state index in [1.807, 2.05) is 4.90 Å². The molecule has 0 aliphatic carbocycles. The molecule has 0 unspecified atom stereocenters. The summed E-state index contributed by atoms with van der Waals surface area (Å²) in [6, 6.07) is 8.81. The predicted molar refractivity (Wildman–Crippen MR) is 116 cm³/mol. The standard InChI is InChI=1S/C22H24F3N3O6/c1-33-21(30)15-2-5-18(6-3-15)34-14-17(29)13-26-8-10-27(11-9-26)19-7-4-16(22(23,24)25)12-20(19)28(31)32/h2-7,12,17,29H,8-11,13-14H2,1H3/t17-/m0/s1. The first-order chi connectivity index (χ1) is 16.1. The van der Waals surface area contributed by atoms with Crippen molar-refractivity contribution in [3.63, 3.8) is 0 Å². The molecule has 0 aromatic heterocycles. The number of methoxy groups -OCH3 is 1. The zero-order valence-electron chi connectivity index (χ0n) is 18.3. The van der Waals surface area contributed by atoms with Crippen LogP contribution in [0.25, 0.3) is 0 Å². The number of piperazine rings is 1. The fourth-order valence-electron chi connectivity index (χ4n) is 3.63. The number of alkyl halides is 3. The number of esters is 1. The lowest BCUT2D eigenvalue weighted by atomic mass is 10.1. The molecule has 0 spiro atoms. The van der Waals surface area contributed by atoms with Gasteiger partial charge in [-0.2, -0.15) is 13.2 Å².